The van der Waals surface area contributed by atoms with Crippen LogP contribution in [-0.2, 0) is 9.59 Å². The Labute approximate surface area is 101 Å². The number of carboxylic acid groups (broad SMARTS) is 1. The minimum atomic E-state index is -0.820. The predicted octanol–water partition coefficient (Wildman–Crippen LogP) is 1.89. The standard InChI is InChI=1S/C11H21NO3S/c1-4-5-8(2)12-11(15)9(3)16-7-6-10(13)14/h8-9H,4-7H2,1-3H3,(H,12,15)(H,13,14). The minimum Gasteiger partial charge on any atom is -0.481 e. The molecule has 0 aromatic carbocycles. The molecule has 0 aromatic rings. The first-order valence-electron chi connectivity index (χ1n) is 5.61. The van der Waals surface area contributed by atoms with Gasteiger partial charge in [-0.1, -0.05) is 13.3 Å². The van der Waals surface area contributed by atoms with E-state index in [2.05, 4.69) is 12.2 Å². The van der Waals surface area contributed by atoms with Crippen molar-refractivity contribution in [2.75, 3.05) is 5.75 Å². The van der Waals surface area contributed by atoms with Gasteiger partial charge in [-0.05, 0) is 20.3 Å². The van der Waals surface area contributed by atoms with Crippen molar-refractivity contribution < 1.29 is 14.7 Å². The molecule has 0 radical (unpaired) electrons. The highest BCUT2D eigenvalue weighted by Gasteiger charge is 2.15. The number of carbonyl (C=O) groups is 2. The highest BCUT2D eigenvalue weighted by atomic mass is 32.2. The Kier molecular flexibility index (Phi) is 8.07. The van der Waals surface area contributed by atoms with Gasteiger partial charge in [0.15, 0.2) is 0 Å². The van der Waals surface area contributed by atoms with E-state index in [1.54, 1.807) is 6.92 Å². The Morgan fingerprint density at radius 1 is 1.38 bits per heavy atom. The van der Waals surface area contributed by atoms with Crippen LogP contribution in [-0.4, -0.2) is 34.0 Å². The summed E-state index contributed by atoms with van der Waals surface area (Å²) in [4.78, 5) is 21.9. The fraction of sp³-hybridized carbons (Fsp3) is 0.818. The van der Waals surface area contributed by atoms with Gasteiger partial charge in [0, 0.05) is 11.8 Å². The molecule has 16 heavy (non-hydrogen) atoms. The first-order chi connectivity index (χ1) is 7.47. The van der Waals surface area contributed by atoms with Gasteiger partial charge in [-0.2, -0.15) is 0 Å². The Morgan fingerprint density at radius 3 is 2.50 bits per heavy atom. The highest BCUT2D eigenvalue weighted by Crippen LogP contribution is 2.12. The van der Waals surface area contributed by atoms with Crippen LogP contribution in [0.2, 0.25) is 0 Å². The molecule has 5 heteroatoms. The molecule has 0 saturated heterocycles. The van der Waals surface area contributed by atoms with Crippen LogP contribution in [0.15, 0.2) is 0 Å². The molecule has 0 aliphatic carbocycles. The molecule has 0 spiro atoms. The Morgan fingerprint density at radius 2 is 2.00 bits per heavy atom. The van der Waals surface area contributed by atoms with Crippen molar-refractivity contribution in [1.29, 1.82) is 0 Å². The van der Waals surface area contributed by atoms with E-state index >= 15 is 0 Å². The largest absolute Gasteiger partial charge is 0.481 e. The zero-order chi connectivity index (χ0) is 12.6. The van der Waals surface area contributed by atoms with Gasteiger partial charge < -0.3 is 10.4 Å². The third kappa shape index (κ3) is 7.56. The zero-order valence-electron chi connectivity index (χ0n) is 10.2. The fourth-order valence-corrected chi connectivity index (χ4v) is 2.13. The highest BCUT2D eigenvalue weighted by molar-refractivity contribution is 8.00. The molecular weight excluding hydrogens is 226 g/mol. The van der Waals surface area contributed by atoms with Crippen molar-refractivity contribution in [1.82, 2.24) is 5.32 Å². The molecular formula is C11H21NO3S. The predicted molar refractivity (Wildman–Crippen MR) is 66.7 cm³/mol. The van der Waals surface area contributed by atoms with Crippen molar-refractivity contribution in [3.8, 4) is 0 Å². The minimum absolute atomic E-state index is 0.00339. The van der Waals surface area contributed by atoms with Crippen LogP contribution >= 0.6 is 11.8 Å². The lowest BCUT2D eigenvalue weighted by Gasteiger charge is -2.16. The van der Waals surface area contributed by atoms with Gasteiger partial charge in [0.1, 0.15) is 0 Å². The average molecular weight is 247 g/mol. The lowest BCUT2D eigenvalue weighted by atomic mass is 10.2. The summed E-state index contributed by atoms with van der Waals surface area (Å²) in [7, 11) is 0. The van der Waals surface area contributed by atoms with Crippen LogP contribution in [0.4, 0.5) is 0 Å². The second-order valence-electron chi connectivity index (χ2n) is 3.86. The van der Waals surface area contributed by atoms with Gasteiger partial charge in [-0.15, -0.1) is 11.8 Å². The first-order valence-corrected chi connectivity index (χ1v) is 6.66. The quantitative estimate of drug-likeness (QED) is 0.687. The molecule has 2 atom stereocenters. The Bertz CT molecular complexity index is 233. The number of nitrogens with one attached hydrogen (secondary N) is 1. The number of amides is 1. The summed E-state index contributed by atoms with van der Waals surface area (Å²) >= 11 is 1.38. The third-order valence-electron chi connectivity index (χ3n) is 2.16. The first kappa shape index (κ1) is 15.3. The van der Waals surface area contributed by atoms with E-state index in [0.29, 0.717) is 5.75 Å². The van der Waals surface area contributed by atoms with Crippen LogP contribution in [0.1, 0.15) is 40.0 Å². The smallest absolute Gasteiger partial charge is 0.304 e. The molecule has 0 aliphatic rings. The summed E-state index contributed by atoms with van der Waals surface area (Å²) in [6.07, 6.45) is 2.12. The van der Waals surface area contributed by atoms with E-state index in [0.717, 1.165) is 12.8 Å². The van der Waals surface area contributed by atoms with Crippen molar-refractivity contribution in [3.05, 3.63) is 0 Å². The summed E-state index contributed by atoms with van der Waals surface area (Å²) in [5.41, 5.74) is 0. The summed E-state index contributed by atoms with van der Waals surface area (Å²) in [5, 5.41) is 11.2. The van der Waals surface area contributed by atoms with Crippen molar-refractivity contribution in [2.24, 2.45) is 0 Å². The molecule has 94 valence electrons. The fourth-order valence-electron chi connectivity index (χ4n) is 1.26. The summed E-state index contributed by atoms with van der Waals surface area (Å²) < 4.78 is 0. The molecule has 4 nitrogen and oxygen atoms in total. The van der Waals surface area contributed by atoms with Crippen molar-refractivity contribution in [2.45, 2.75) is 51.3 Å². The number of hydrogen-bond acceptors (Lipinski definition) is 3. The maximum atomic E-state index is 11.6. The average Bonchev–Trinajstić information content (AvgIpc) is 2.17. The number of rotatable bonds is 8. The van der Waals surface area contributed by atoms with Crippen molar-refractivity contribution in [3.63, 3.8) is 0 Å². The van der Waals surface area contributed by atoms with Gasteiger partial charge >= 0.3 is 5.97 Å². The number of carbonyl (C=O) groups excluding carboxylic acids is 1. The molecule has 0 heterocycles. The lowest BCUT2D eigenvalue weighted by Crippen LogP contribution is -2.37. The Balaban J connectivity index is 3.76. The Hall–Kier alpha value is -0.710. The molecule has 0 saturated carbocycles. The van der Waals surface area contributed by atoms with Gasteiger partial charge in [-0.25, -0.2) is 0 Å². The van der Waals surface area contributed by atoms with E-state index in [9.17, 15) is 9.59 Å². The number of carboxylic acids is 1. The molecule has 2 unspecified atom stereocenters. The van der Waals surface area contributed by atoms with Crippen LogP contribution in [0.25, 0.3) is 0 Å². The summed E-state index contributed by atoms with van der Waals surface area (Å²) in [5.74, 6) is -0.345. The van der Waals surface area contributed by atoms with Crippen LogP contribution in [0.3, 0.4) is 0 Å². The molecule has 0 aliphatic heterocycles. The van der Waals surface area contributed by atoms with Crippen LogP contribution in [0, 0.1) is 0 Å². The van der Waals surface area contributed by atoms with E-state index in [1.165, 1.54) is 11.8 Å². The molecule has 0 fully saturated rings. The van der Waals surface area contributed by atoms with Gasteiger partial charge in [0.2, 0.25) is 5.91 Å². The normalized spacial score (nSPS) is 14.2. The molecule has 2 N–H and O–H groups in total. The number of hydrogen-bond donors (Lipinski definition) is 2. The maximum Gasteiger partial charge on any atom is 0.304 e. The van der Waals surface area contributed by atoms with Crippen LogP contribution in [0.5, 0.6) is 0 Å². The molecule has 0 aromatic heterocycles. The third-order valence-corrected chi connectivity index (χ3v) is 3.32. The van der Waals surface area contributed by atoms with Crippen LogP contribution < -0.4 is 5.32 Å². The van der Waals surface area contributed by atoms with E-state index in [1.807, 2.05) is 6.92 Å². The SMILES string of the molecule is CCCC(C)NC(=O)C(C)SCCC(=O)O. The summed E-state index contributed by atoms with van der Waals surface area (Å²) in [6, 6.07) is 0.194. The van der Waals surface area contributed by atoms with Gasteiger partial charge in [0.05, 0.1) is 11.7 Å². The van der Waals surface area contributed by atoms with E-state index in [4.69, 9.17) is 5.11 Å². The number of aliphatic carboxylic acids is 1. The van der Waals surface area contributed by atoms with Gasteiger partial charge in [-0.3, -0.25) is 9.59 Å². The molecule has 0 rings (SSSR count). The number of thioether (sulfide) groups is 1. The monoisotopic (exact) mass is 247 g/mol. The maximum absolute atomic E-state index is 11.6. The second-order valence-corrected chi connectivity index (χ2v) is 5.30. The van der Waals surface area contributed by atoms with Gasteiger partial charge in [0.25, 0.3) is 0 Å². The van der Waals surface area contributed by atoms with E-state index < -0.39 is 5.97 Å². The molecule has 0 bridgehead atoms. The van der Waals surface area contributed by atoms with E-state index in [-0.39, 0.29) is 23.6 Å². The summed E-state index contributed by atoms with van der Waals surface area (Å²) in [6.45, 7) is 5.87. The topological polar surface area (TPSA) is 66.4 Å². The zero-order valence-corrected chi connectivity index (χ0v) is 11.0. The second kappa shape index (κ2) is 8.44. The molecule has 1 amide bonds. The van der Waals surface area contributed by atoms with Crippen molar-refractivity contribution >= 4 is 23.6 Å². The lowest BCUT2D eigenvalue weighted by molar-refractivity contribution is -0.136.